The summed E-state index contributed by atoms with van der Waals surface area (Å²) in [7, 11) is 0. The number of H-pyrrole nitrogens is 1. The number of hydrogen-bond acceptors (Lipinski definition) is 4. The molecule has 0 saturated heterocycles. The van der Waals surface area contributed by atoms with Crippen molar-refractivity contribution in [1.82, 2.24) is 15.5 Å². The molecule has 0 spiro atoms. The third-order valence-electron chi connectivity index (χ3n) is 2.41. The number of aromatic amines is 1. The average molecular weight is 277 g/mol. The van der Waals surface area contributed by atoms with Crippen LogP contribution in [0, 0.1) is 12.3 Å². The fraction of sp³-hybridized carbons (Fsp3) is 0.308. The van der Waals surface area contributed by atoms with Crippen LogP contribution in [0.15, 0.2) is 23.7 Å². The number of rotatable bonds is 7. The van der Waals surface area contributed by atoms with E-state index in [1.54, 1.807) is 23.1 Å². The fourth-order valence-corrected chi connectivity index (χ4v) is 2.88. The van der Waals surface area contributed by atoms with Crippen molar-refractivity contribution in [3.05, 3.63) is 29.3 Å². The molecule has 18 heavy (non-hydrogen) atoms. The number of nitrogens with one attached hydrogen (secondary N) is 2. The average Bonchev–Trinajstić information content (AvgIpc) is 3.03. The van der Waals surface area contributed by atoms with E-state index >= 15 is 0 Å². The largest absolute Gasteiger partial charge is 0.312 e. The molecule has 0 aromatic carbocycles. The van der Waals surface area contributed by atoms with Gasteiger partial charge in [-0.3, -0.25) is 5.10 Å². The van der Waals surface area contributed by atoms with Gasteiger partial charge >= 0.3 is 0 Å². The van der Waals surface area contributed by atoms with Crippen molar-refractivity contribution in [2.24, 2.45) is 0 Å². The first-order valence-electron chi connectivity index (χ1n) is 5.70. The Bertz CT molecular complexity index is 497. The molecule has 94 valence electrons. The van der Waals surface area contributed by atoms with Crippen LogP contribution in [0.25, 0.3) is 10.6 Å². The highest BCUT2D eigenvalue weighted by atomic mass is 32.2. The lowest BCUT2D eigenvalue weighted by Crippen LogP contribution is -2.16. The molecule has 0 saturated carbocycles. The van der Waals surface area contributed by atoms with Crippen molar-refractivity contribution in [1.29, 1.82) is 0 Å². The van der Waals surface area contributed by atoms with Gasteiger partial charge < -0.3 is 5.32 Å². The zero-order chi connectivity index (χ0) is 12.6. The van der Waals surface area contributed by atoms with Gasteiger partial charge in [0.15, 0.2) is 0 Å². The highest BCUT2D eigenvalue weighted by Gasteiger charge is 2.07. The van der Waals surface area contributed by atoms with E-state index < -0.39 is 0 Å². The molecule has 2 rings (SSSR count). The molecule has 2 N–H and O–H groups in total. The van der Waals surface area contributed by atoms with Gasteiger partial charge in [0, 0.05) is 24.4 Å². The van der Waals surface area contributed by atoms with E-state index in [1.165, 1.54) is 10.4 Å². The summed E-state index contributed by atoms with van der Waals surface area (Å²) >= 11 is 3.49. The van der Waals surface area contributed by atoms with Gasteiger partial charge in [-0.2, -0.15) is 5.10 Å². The molecule has 0 aliphatic heterocycles. The molecule has 0 radical (unpaired) electrons. The second-order valence-electron chi connectivity index (χ2n) is 3.68. The maximum atomic E-state index is 5.19. The smallest absolute Gasteiger partial charge is 0.0794 e. The first-order valence-corrected chi connectivity index (χ1v) is 7.73. The summed E-state index contributed by atoms with van der Waals surface area (Å²) < 4.78 is 0. The second-order valence-corrected chi connectivity index (χ2v) is 5.73. The normalized spacial score (nSPS) is 10.4. The molecular weight excluding hydrogens is 262 g/mol. The van der Waals surface area contributed by atoms with Gasteiger partial charge in [-0.15, -0.1) is 29.5 Å². The molecule has 2 aromatic heterocycles. The Balaban J connectivity index is 1.80. The van der Waals surface area contributed by atoms with Gasteiger partial charge in [-0.05, 0) is 11.4 Å². The highest BCUT2D eigenvalue weighted by molar-refractivity contribution is 7.99. The third kappa shape index (κ3) is 3.64. The lowest BCUT2D eigenvalue weighted by Gasteiger charge is -2.03. The number of aromatic nitrogens is 2. The molecule has 0 fully saturated rings. The van der Waals surface area contributed by atoms with E-state index in [9.17, 15) is 0 Å². The molecule has 0 bridgehead atoms. The predicted octanol–water partition coefficient (Wildman–Crippen LogP) is 2.59. The number of terminal acetylenes is 1. The summed E-state index contributed by atoms with van der Waals surface area (Å²) in [6.45, 7) is 1.79. The minimum Gasteiger partial charge on any atom is -0.312 e. The van der Waals surface area contributed by atoms with Crippen molar-refractivity contribution in [2.75, 3.05) is 18.1 Å². The molecule has 2 aromatic rings. The Kier molecular flexibility index (Phi) is 5.34. The molecule has 0 atom stereocenters. The maximum absolute atomic E-state index is 5.19. The Morgan fingerprint density at radius 3 is 3.28 bits per heavy atom. The van der Waals surface area contributed by atoms with Crippen LogP contribution >= 0.6 is 23.1 Å². The summed E-state index contributed by atoms with van der Waals surface area (Å²) in [4.78, 5) is 1.23. The lowest BCUT2D eigenvalue weighted by molar-refractivity contribution is 0.734. The van der Waals surface area contributed by atoms with Crippen molar-refractivity contribution in [3.63, 3.8) is 0 Å². The standard InChI is InChI=1S/C13H15N3S2/c1-2-6-17-8-5-14-9-11-10-15-16-13(11)12-4-3-7-18-12/h1,3-4,7,10,14H,5-6,8-9H2,(H,15,16). The highest BCUT2D eigenvalue weighted by Crippen LogP contribution is 2.25. The van der Waals surface area contributed by atoms with Gasteiger partial charge in [-0.25, -0.2) is 0 Å². The summed E-state index contributed by atoms with van der Waals surface area (Å²) in [6.07, 6.45) is 7.08. The van der Waals surface area contributed by atoms with Crippen LogP contribution < -0.4 is 5.32 Å². The SMILES string of the molecule is C#CCSCCNCc1cn[nH]c1-c1cccs1. The first-order chi connectivity index (χ1) is 8.92. The molecule has 3 nitrogen and oxygen atoms in total. The fourth-order valence-electron chi connectivity index (χ4n) is 1.58. The zero-order valence-electron chi connectivity index (χ0n) is 9.98. The minimum absolute atomic E-state index is 0.786. The van der Waals surface area contributed by atoms with Crippen LogP contribution in [-0.2, 0) is 6.54 Å². The van der Waals surface area contributed by atoms with Crippen LogP contribution in [0.3, 0.4) is 0 Å². The zero-order valence-corrected chi connectivity index (χ0v) is 11.6. The number of nitrogens with zero attached hydrogens (tertiary/aromatic N) is 1. The van der Waals surface area contributed by atoms with Crippen LogP contribution in [0.5, 0.6) is 0 Å². The summed E-state index contributed by atoms with van der Waals surface area (Å²) in [5, 5.41) is 12.7. The number of hydrogen-bond donors (Lipinski definition) is 2. The molecular formula is C13H15N3S2. The molecule has 2 heterocycles. The van der Waals surface area contributed by atoms with E-state index in [0.29, 0.717) is 0 Å². The quantitative estimate of drug-likeness (QED) is 0.604. The maximum Gasteiger partial charge on any atom is 0.0794 e. The topological polar surface area (TPSA) is 40.7 Å². The van der Waals surface area contributed by atoms with Gasteiger partial charge in [0.1, 0.15) is 0 Å². The molecule has 0 amide bonds. The second kappa shape index (κ2) is 7.27. The van der Waals surface area contributed by atoms with Crippen molar-refractivity contribution >= 4 is 23.1 Å². The van der Waals surface area contributed by atoms with Gasteiger partial charge in [0.25, 0.3) is 0 Å². The Hall–Kier alpha value is -1.22. The summed E-state index contributed by atoms with van der Waals surface area (Å²) in [5.41, 5.74) is 2.33. The minimum atomic E-state index is 0.786. The van der Waals surface area contributed by atoms with E-state index in [0.717, 1.165) is 30.3 Å². The predicted molar refractivity (Wildman–Crippen MR) is 79.8 cm³/mol. The van der Waals surface area contributed by atoms with Crippen LogP contribution in [-0.4, -0.2) is 28.2 Å². The summed E-state index contributed by atoms with van der Waals surface area (Å²) in [5.74, 6) is 4.45. The Morgan fingerprint density at radius 2 is 2.50 bits per heavy atom. The van der Waals surface area contributed by atoms with Gasteiger partial charge in [-0.1, -0.05) is 12.0 Å². The molecule has 5 heteroatoms. The van der Waals surface area contributed by atoms with Crippen molar-refractivity contribution < 1.29 is 0 Å². The van der Waals surface area contributed by atoms with E-state index in [2.05, 4.69) is 38.9 Å². The Morgan fingerprint density at radius 1 is 1.56 bits per heavy atom. The van der Waals surface area contributed by atoms with Crippen molar-refractivity contribution in [2.45, 2.75) is 6.54 Å². The van der Waals surface area contributed by atoms with Crippen LogP contribution in [0.4, 0.5) is 0 Å². The number of thioether (sulfide) groups is 1. The van der Waals surface area contributed by atoms with Crippen LogP contribution in [0.1, 0.15) is 5.56 Å². The van der Waals surface area contributed by atoms with Gasteiger partial charge in [0.05, 0.1) is 22.5 Å². The van der Waals surface area contributed by atoms with Gasteiger partial charge in [0.2, 0.25) is 0 Å². The Labute approximate surface area is 115 Å². The first kappa shape index (κ1) is 13.2. The lowest BCUT2D eigenvalue weighted by atomic mass is 10.2. The molecule has 0 unspecified atom stereocenters. The molecule has 0 aliphatic carbocycles. The van der Waals surface area contributed by atoms with Crippen molar-refractivity contribution in [3.8, 4) is 22.9 Å². The van der Waals surface area contributed by atoms with E-state index in [1.807, 2.05) is 6.20 Å². The van der Waals surface area contributed by atoms with E-state index in [-0.39, 0.29) is 0 Å². The number of thiophene rings is 1. The third-order valence-corrected chi connectivity index (χ3v) is 4.16. The summed E-state index contributed by atoms with van der Waals surface area (Å²) in [6, 6.07) is 4.15. The molecule has 0 aliphatic rings. The van der Waals surface area contributed by atoms with Crippen LogP contribution in [0.2, 0.25) is 0 Å². The monoisotopic (exact) mass is 277 g/mol. The van der Waals surface area contributed by atoms with E-state index in [4.69, 9.17) is 6.42 Å².